The van der Waals surface area contributed by atoms with Crippen molar-refractivity contribution < 1.29 is 4.74 Å². The summed E-state index contributed by atoms with van der Waals surface area (Å²) < 4.78 is 5.56. The van der Waals surface area contributed by atoms with Crippen molar-refractivity contribution in [3.63, 3.8) is 0 Å². The monoisotopic (exact) mass is 254 g/mol. The summed E-state index contributed by atoms with van der Waals surface area (Å²) in [6.45, 7) is 9.29. The van der Waals surface area contributed by atoms with E-state index >= 15 is 0 Å². The van der Waals surface area contributed by atoms with E-state index in [0.717, 1.165) is 25.2 Å². The fraction of sp³-hybridized carbons (Fsp3) is 0.882. The molecule has 1 heteroatoms. The van der Waals surface area contributed by atoms with Gasteiger partial charge in [0, 0.05) is 6.42 Å². The molecule has 0 saturated carbocycles. The maximum atomic E-state index is 5.56. The molecule has 18 heavy (non-hydrogen) atoms. The van der Waals surface area contributed by atoms with Crippen LogP contribution in [0.4, 0.5) is 0 Å². The molecule has 0 unspecified atom stereocenters. The van der Waals surface area contributed by atoms with Crippen LogP contribution in [0, 0.1) is 0 Å². The second-order valence-electron chi connectivity index (χ2n) is 5.32. The predicted molar refractivity (Wildman–Crippen MR) is 81.8 cm³/mol. The van der Waals surface area contributed by atoms with Gasteiger partial charge in [-0.3, -0.25) is 0 Å². The van der Waals surface area contributed by atoms with E-state index < -0.39 is 0 Å². The van der Waals surface area contributed by atoms with Gasteiger partial charge < -0.3 is 4.74 Å². The van der Waals surface area contributed by atoms with Gasteiger partial charge in [0.2, 0.25) is 0 Å². The molecule has 0 aromatic rings. The molecule has 1 nitrogen and oxygen atoms in total. The Labute approximate surface area is 115 Å². The van der Waals surface area contributed by atoms with Crippen LogP contribution in [-0.4, -0.2) is 6.61 Å². The highest BCUT2D eigenvalue weighted by molar-refractivity contribution is 4.81. The van der Waals surface area contributed by atoms with Crippen LogP contribution in [0.15, 0.2) is 12.3 Å². The van der Waals surface area contributed by atoms with Crippen molar-refractivity contribution in [1.29, 1.82) is 0 Å². The van der Waals surface area contributed by atoms with Gasteiger partial charge in [0.05, 0.1) is 12.4 Å². The van der Waals surface area contributed by atoms with Crippen molar-refractivity contribution in [3.05, 3.63) is 12.3 Å². The molecule has 108 valence electrons. The second-order valence-corrected chi connectivity index (χ2v) is 5.32. The number of hydrogen-bond donors (Lipinski definition) is 0. The minimum absolute atomic E-state index is 0.854. The van der Waals surface area contributed by atoms with Crippen LogP contribution in [0.5, 0.6) is 0 Å². The molecule has 0 N–H and O–H groups in total. The third kappa shape index (κ3) is 13.6. The number of ether oxygens (including phenoxy) is 1. The van der Waals surface area contributed by atoms with E-state index in [1.165, 1.54) is 64.2 Å². The summed E-state index contributed by atoms with van der Waals surface area (Å²) in [6, 6.07) is 0. The smallest absolute Gasteiger partial charge is 0.0888 e. The molecule has 0 fully saturated rings. The standard InChI is InChI=1S/C17H34O/c1-4-6-8-9-10-11-12-13-14-15-17(3)18-16-7-5-2/h3-16H2,1-2H3. The van der Waals surface area contributed by atoms with Gasteiger partial charge in [0.25, 0.3) is 0 Å². The van der Waals surface area contributed by atoms with Crippen molar-refractivity contribution in [2.45, 2.75) is 90.9 Å². The lowest BCUT2D eigenvalue weighted by molar-refractivity contribution is 0.197. The molecule has 0 aromatic heterocycles. The van der Waals surface area contributed by atoms with Gasteiger partial charge in [-0.25, -0.2) is 0 Å². The minimum Gasteiger partial charge on any atom is -0.499 e. The normalized spacial score (nSPS) is 10.6. The Morgan fingerprint density at radius 3 is 1.78 bits per heavy atom. The molecular weight excluding hydrogens is 220 g/mol. The summed E-state index contributed by atoms with van der Waals surface area (Å²) >= 11 is 0. The van der Waals surface area contributed by atoms with Crippen molar-refractivity contribution in [3.8, 4) is 0 Å². The van der Waals surface area contributed by atoms with Crippen LogP contribution >= 0.6 is 0 Å². The van der Waals surface area contributed by atoms with E-state index in [9.17, 15) is 0 Å². The summed E-state index contributed by atoms with van der Waals surface area (Å²) in [5.41, 5.74) is 0. The average molecular weight is 254 g/mol. The van der Waals surface area contributed by atoms with E-state index in [-0.39, 0.29) is 0 Å². The van der Waals surface area contributed by atoms with Crippen LogP contribution in [0.25, 0.3) is 0 Å². The molecule has 0 spiro atoms. The Bertz CT molecular complexity index is 174. The Balaban J connectivity index is 3.08. The zero-order valence-corrected chi connectivity index (χ0v) is 12.8. The van der Waals surface area contributed by atoms with Crippen LogP contribution < -0.4 is 0 Å². The average Bonchev–Trinajstić information content (AvgIpc) is 2.37. The fourth-order valence-corrected chi connectivity index (χ4v) is 2.07. The summed E-state index contributed by atoms with van der Waals surface area (Å²) in [5, 5.41) is 0. The van der Waals surface area contributed by atoms with E-state index in [4.69, 9.17) is 4.74 Å². The summed E-state index contributed by atoms with van der Waals surface area (Å²) in [4.78, 5) is 0. The molecule has 0 rings (SSSR count). The van der Waals surface area contributed by atoms with E-state index in [1.807, 2.05) is 0 Å². The van der Waals surface area contributed by atoms with Gasteiger partial charge >= 0.3 is 0 Å². The van der Waals surface area contributed by atoms with Crippen molar-refractivity contribution >= 4 is 0 Å². The molecule has 0 aliphatic carbocycles. The Hall–Kier alpha value is -0.460. The summed E-state index contributed by atoms with van der Waals surface area (Å²) in [5.74, 6) is 0.992. The molecule has 0 atom stereocenters. The molecule has 0 aromatic carbocycles. The third-order valence-corrected chi connectivity index (χ3v) is 3.36. The third-order valence-electron chi connectivity index (χ3n) is 3.36. The van der Waals surface area contributed by atoms with Gasteiger partial charge in [0.15, 0.2) is 0 Å². The van der Waals surface area contributed by atoms with Gasteiger partial charge in [-0.15, -0.1) is 0 Å². The number of allylic oxidation sites excluding steroid dienone is 1. The van der Waals surface area contributed by atoms with E-state index in [1.54, 1.807) is 0 Å². The topological polar surface area (TPSA) is 9.23 Å². The first-order chi connectivity index (χ1) is 8.81. The zero-order chi connectivity index (χ0) is 13.5. The highest BCUT2D eigenvalue weighted by Gasteiger charge is 1.96. The first kappa shape index (κ1) is 17.5. The van der Waals surface area contributed by atoms with Gasteiger partial charge in [-0.2, -0.15) is 0 Å². The maximum absolute atomic E-state index is 5.56. The quantitative estimate of drug-likeness (QED) is 0.263. The molecular formula is C17H34O. The predicted octanol–water partition coefficient (Wildman–Crippen LogP) is 6.24. The van der Waals surface area contributed by atoms with Crippen molar-refractivity contribution in [2.75, 3.05) is 6.61 Å². The lowest BCUT2D eigenvalue weighted by Crippen LogP contribution is -1.93. The number of hydrogen-bond acceptors (Lipinski definition) is 1. The van der Waals surface area contributed by atoms with Gasteiger partial charge in [0.1, 0.15) is 0 Å². The molecule has 0 aliphatic rings. The molecule has 0 saturated heterocycles. The highest BCUT2D eigenvalue weighted by Crippen LogP contribution is 2.13. The SMILES string of the molecule is C=C(CCCCCCCCCCC)OCCCC. The largest absolute Gasteiger partial charge is 0.499 e. The molecule has 0 bridgehead atoms. The molecule has 0 amide bonds. The minimum atomic E-state index is 0.854. The first-order valence-corrected chi connectivity index (χ1v) is 8.11. The Morgan fingerprint density at radius 1 is 0.722 bits per heavy atom. The second kappa shape index (κ2) is 14.6. The van der Waals surface area contributed by atoms with Gasteiger partial charge in [-0.1, -0.05) is 78.2 Å². The lowest BCUT2D eigenvalue weighted by atomic mass is 10.1. The molecule has 0 aliphatic heterocycles. The van der Waals surface area contributed by atoms with Gasteiger partial charge in [-0.05, 0) is 12.8 Å². The summed E-state index contributed by atoms with van der Waals surface area (Å²) in [6.07, 6.45) is 15.8. The number of rotatable bonds is 14. The van der Waals surface area contributed by atoms with Crippen molar-refractivity contribution in [2.24, 2.45) is 0 Å². The van der Waals surface area contributed by atoms with E-state index in [2.05, 4.69) is 20.4 Å². The fourth-order valence-electron chi connectivity index (χ4n) is 2.07. The van der Waals surface area contributed by atoms with Crippen molar-refractivity contribution in [1.82, 2.24) is 0 Å². The Morgan fingerprint density at radius 2 is 1.22 bits per heavy atom. The highest BCUT2D eigenvalue weighted by atomic mass is 16.5. The van der Waals surface area contributed by atoms with Crippen LogP contribution in [0.3, 0.4) is 0 Å². The lowest BCUT2D eigenvalue weighted by Gasteiger charge is -2.08. The molecule has 0 radical (unpaired) electrons. The van der Waals surface area contributed by atoms with E-state index in [0.29, 0.717) is 0 Å². The van der Waals surface area contributed by atoms with Crippen LogP contribution in [0.2, 0.25) is 0 Å². The first-order valence-electron chi connectivity index (χ1n) is 8.11. The summed E-state index contributed by atoms with van der Waals surface area (Å²) in [7, 11) is 0. The molecule has 0 heterocycles. The number of unbranched alkanes of at least 4 members (excludes halogenated alkanes) is 9. The van der Waals surface area contributed by atoms with Crippen LogP contribution in [-0.2, 0) is 4.74 Å². The maximum Gasteiger partial charge on any atom is 0.0888 e. The van der Waals surface area contributed by atoms with Crippen LogP contribution in [0.1, 0.15) is 90.9 Å². The Kier molecular flexibility index (Phi) is 14.2. The zero-order valence-electron chi connectivity index (χ0n) is 12.8.